The molecule has 144 valence electrons. The van der Waals surface area contributed by atoms with Crippen LogP contribution in [0.1, 0.15) is 36.0 Å². The Labute approximate surface area is 153 Å². The maximum absolute atomic E-state index is 12.3. The van der Waals surface area contributed by atoms with Gasteiger partial charge in [-0.15, -0.1) is 13.2 Å². The van der Waals surface area contributed by atoms with Crippen molar-refractivity contribution < 1.29 is 27.4 Å². The lowest BCUT2D eigenvalue weighted by Gasteiger charge is -2.28. The van der Waals surface area contributed by atoms with Crippen LogP contribution in [0.2, 0.25) is 0 Å². The number of nitrogens with one attached hydrogen (secondary N) is 1. The standard InChI is InChI=1S/C18H18F3N3O3/c19-18(20,21)27-15-6-2-12(3-7-15)16(25)24-13-4-8-14(9-5-13)26-17-22-10-1-11-23-17/h1-3,6-7,10-11,13-14H,4-5,8-9H2,(H,24,25). The summed E-state index contributed by atoms with van der Waals surface area (Å²) >= 11 is 0. The van der Waals surface area contributed by atoms with Crippen LogP contribution < -0.4 is 14.8 Å². The van der Waals surface area contributed by atoms with Crippen LogP contribution in [0.25, 0.3) is 0 Å². The number of nitrogens with zero attached hydrogens (tertiary/aromatic N) is 2. The minimum absolute atomic E-state index is 0.000599. The Bertz CT molecular complexity index is 746. The molecule has 1 aromatic heterocycles. The monoisotopic (exact) mass is 381 g/mol. The van der Waals surface area contributed by atoms with E-state index in [-0.39, 0.29) is 29.4 Å². The average Bonchev–Trinajstić information content (AvgIpc) is 2.63. The molecule has 1 aliphatic rings. The molecule has 1 aliphatic carbocycles. The fraction of sp³-hybridized carbons (Fsp3) is 0.389. The summed E-state index contributed by atoms with van der Waals surface area (Å²) in [6.07, 6.45) is 1.44. The molecule has 1 N–H and O–H groups in total. The average molecular weight is 381 g/mol. The SMILES string of the molecule is O=C(NC1CCC(Oc2ncccn2)CC1)c1ccc(OC(F)(F)F)cc1. The highest BCUT2D eigenvalue weighted by molar-refractivity contribution is 5.94. The number of aromatic nitrogens is 2. The van der Waals surface area contributed by atoms with E-state index in [0.29, 0.717) is 6.01 Å². The van der Waals surface area contributed by atoms with Gasteiger partial charge >= 0.3 is 12.4 Å². The molecule has 1 fully saturated rings. The molecule has 1 heterocycles. The molecule has 1 saturated carbocycles. The minimum atomic E-state index is -4.75. The molecule has 0 bridgehead atoms. The third-order valence-corrected chi connectivity index (χ3v) is 4.17. The van der Waals surface area contributed by atoms with Crippen LogP contribution >= 0.6 is 0 Å². The number of amides is 1. The highest BCUT2D eigenvalue weighted by atomic mass is 19.4. The zero-order chi connectivity index (χ0) is 19.3. The smallest absolute Gasteiger partial charge is 0.460 e. The number of halogens is 3. The van der Waals surface area contributed by atoms with Crippen molar-refractivity contribution in [2.24, 2.45) is 0 Å². The van der Waals surface area contributed by atoms with Crippen molar-refractivity contribution in [1.82, 2.24) is 15.3 Å². The Balaban J connectivity index is 1.46. The summed E-state index contributed by atoms with van der Waals surface area (Å²) in [5, 5.41) is 2.90. The van der Waals surface area contributed by atoms with Crippen LogP contribution in [0.4, 0.5) is 13.2 Å². The second kappa shape index (κ2) is 8.24. The Morgan fingerprint density at radius 1 is 1.04 bits per heavy atom. The Morgan fingerprint density at radius 3 is 2.26 bits per heavy atom. The summed E-state index contributed by atoms with van der Waals surface area (Å²) in [7, 11) is 0. The van der Waals surface area contributed by atoms with Gasteiger partial charge in [0.15, 0.2) is 0 Å². The van der Waals surface area contributed by atoms with Gasteiger partial charge in [-0.3, -0.25) is 4.79 Å². The van der Waals surface area contributed by atoms with Crippen molar-refractivity contribution in [2.45, 2.75) is 44.2 Å². The molecule has 6 nitrogen and oxygen atoms in total. The molecule has 0 saturated heterocycles. The molecule has 3 rings (SSSR count). The van der Waals surface area contributed by atoms with Crippen LogP contribution in [-0.2, 0) is 0 Å². The maximum Gasteiger partial charge on any atom is 0.573 e. The van der Waals surface area contributed by atoms with Gasteiger partial charge in [-0.2, -0.15) is 0 Å². The molecule has 9 heteroatoms. The Morgan fingerprint density at radius 2 is 1.67 bits per heavy atom. The van der Waals surface area contributed by atoms with E-state index in [4.69, 9.17) is 4.74 Å². The van der Waals surface area contributed by atoms with Crippen LogP contribution in [0, 0.1) is 0 Å². The van der Waals surface area contributed by atoms with Gasteiger partial charge in [-0.1, -0.05) is 0 Å². The van der Waals surface area contributed by atoms with Gasteiger partial charge in [0.05, 0.1) is 0 Å². The van der Waals surface area contributed by atoms with Crippen LogP contribution in [-0.4, -0.2) is 34.4 Å². The van der Waals surface area contributed by atoms with E-state index in [9.17, 15) is 18.0 Å². The molecule has 0 atom stereocenters. The molecule has 27 heavy (non-hydrogen) atoms. The van der Waals surface area contributed by atoms with Crippen molar-refractivity contribution in [1.29, 1.82) is 0 Å². The highest BCUT2D eigenvalue weighted by Gasteiger charge is 2.31. The molecular weight excluding hydrogens is 363 g/mol. The first-order valence-electron chi connectivity index (χ1n) is 8.49. The zero-order valence-electron chi connectivity index (χ0n) is 14.3. The van der Waals surface area contributed by atoms with Crippen molar-refractivity contribution in [2.75, 3.05) is 0 Å². The predicted octanol–water partition coefficient (Wildman–Crippen LogP) is 3.50. The molecule has 0 unspecified atom stereocenters. The Kier molecular flexibility index (Phi) is 5.78. The molecule has 0 aliphatic heterocycles. The summed E-state index contributed by atoms with van der Waals surface area (Å²) in [5.74, 6) is -0.691. The molecule has 0 radical (unpaired) electrons. The van der Waals surface area contributed by atoms with Gasteiger partial charge < -0.3 is 14.8 Å². The lowest BCUT2D eigenvalue weighted by atomic mass is 9.92. The van der Waals surface area contributed by atoms with Crippen molar-refractivity contribution >= 4 is 5.91 Å². The summed E-state index contributed by atoms with van der Waals surface area (Å²) in [6, 6.07) is 6.88. The predicted molar refractivity (Wildman–Crippen MR) is 89.3 cm³/mol. The van der Waals surface area contributed by atoms with Gasteiger partial charge in [0.1, 0.15) is 11.9 Å². The van der Waals surface area contributed by atoms with E-state index in [2.05, 4.69) is 20.0 Å². The first kappa shape index (κ1) is 18.9. The lowest BCUT2D eigenvalue weighted by Crippen LogP contribution is -2.39. The fourth-order valence-electron chi connectivity index (χ4n) is 2.90. The first-order valence-corrected chi connectivity index (χ1v) is 8.49. The van der Waals surface area contributed by atoms with Gasteiger partial charge in [0.2, 0.25) is 0 Å². The zero-order valence-corrected chi connectivity index (χ0v) is 14.3. The maximum atomic E-state index is 12.3. The third-order valence-electron chi connectivity index (χ3n) is 4.17. The number of hydrogen-bond acceptors (Lipinski definition) is 5. The summed E-state index contributed by atoms with van der Waals surface area (Å²) < 4.78 is 46.0. The number of hydrogen-bond donors (Lipinski definition) is 1. The summed E-state index contributed by atoms with van der Waals surface area (Å²) in [4.78, 5) is 20.3. The highest BCUT2D eigenvalue weighted by Crippen LogP contribution is 2.24. The second-order valence-corrected chi connectivity index (χ2v) is 6.17. The van der Waals surface area contributed by atoms with E-state index in [1.165, 1.54) is 12.1 Å². The number of benzene rings is 1. The van der Waals surface area contributed by atoms with Gasteiger partial charge in [-0.25, -0.2) is 9.97 Å². The second-order valence-electron chi connectivity index (χ2n) is 6.17. The normalized spacial score (nSPS) is 20.0. The van der Waals surface area contributed by atoms with Crippen molar-refractivity contribution in [3.05, 3.63) is 48.3 Å². The molecule has 2 aromatic rings. The van der Waals surface area contributed by atoms with E-state index >= 15 is 0 Å². The fourth-order valence-corrected chi connectivity index (χ4v) is 2.90. The number of alkyl halides is 3. The molecule has 0 spiro atoms. The topological polar surface area (TPSA) is 73.3 Å². The molecule has 1 amide bonds. The van der Waals surface area contributed by atoms with Gasteiger partial charge in [-0.05, 0) is 56.0 Å². The van der Waals surface area contributed by atoms with Crippen LogP contribution in [0.3, 0.4) is 0 Å². The van der Waals surface area contributed by atoms with E-state index in [1.807, 2.05) is 0 Å². The molecule has 1 aromatic carbocycles. The van der Waals surface area contributed by atoms with Crippen LogP contribution in [0.5, 0.6) is 11.8 Å². The minimum Gasteiger partial charge on any atom is -0.460 e. The van der Waals surface area contributed by atoms with E-state index in [0.717, 1.165) is 37.8 Å². The quantitative estimate of drug-likeness (QED) is 0.858. The lowest BCUT2D eigenvalue weighted by molar-refractivity contribution is -0.274. The third kappa shape index (κ3) is 5.83. The number of ether oxygens (including phenoxy) is 2. The van der Waals surface area contributed by atoms with E-state index in [1.54, 1.807) is 18.5 Å². The number of carbonyl (C=O) groups is 1. The van der Waals surface area contributed by atoms with Gasteiger partial charge in [0, 0.05) is 24.0 Å². The Hall–Kier alpha value is -2.84. The molecular formula is C18H18F3N3O3. The first-order chi connectivity index (χ1) is 12.9. The van der Waals surface area contributed by atoms with Gasteiger partial charge in [0.25, 0.3) is 5.91 Å². The van der Waals surface area contributed by atoms with E-state index < -0.39 is 6.36 Å². The largest absolute Gasteiger partial charge is 0.573 e. The van der Waals surface area contributed by atoms with Crippen LogP contribution in [0.15, 0.2) is 42.7 Å². The summed E-state index contributed by atoms with van der Waals surface area (Å²) in [5.41, 5.74) is 0.278. The number of carbonyl (C=O) groups excluding carboxylic acids is 1. The number of rotatable bonds is 5. The van der Waals surface area contributed by atoms with Crippen molar-refractivity contribution in [3.8, 4) is 11.8 Å². The van der Waals surface area contributed by atoms with Crippen molar-refractivity contribution in [3.63, 3.8) is 0 Å². The summed E-state index contributed by atoms with van der Waals surface area (Å²) in [6.45, 7) is 0.